The van der Waals surface area contributed by atoms with Gasteiger partial charge in [-0.25, -0.2) is 0 Å². The predicted molar refractivity (Wildman–Crippen MR) is 58.4 cm³/mol. The Morgan fingerprint density at radius 2 is 2.07 bits per heavy atom. The Morgan fingerprint density at radius 3 is 2.57 bits per heavy atom. The van der Waals surface area contributed by atoms with Gasteiger partial charge in [-0.1, -0.05) is 19.3 Å². The molecule has 2 unspecified atom stereocenters. The Kier molecular flexibility index (Phi) is 3.82. The molecule has 82 valence electrons. The van der Waals surface area contributed by atoms with Gasteiger partial charge < -0.3 is 10.1 Å². The summed E-state index contributed by atoms with van der Waals surface area (Å²) >= 11 is 0. The number of ether oxygens (including phenoxy) is 1. The summed E-state index contributed by atoms with van der Waals surface area (Å²) < 4.78 is 5.68. The zero-order chi connectivity index (χ0) is 9.80. The summed E-state index contributed by atoms with van der Waals surface area (Å²) in [6.07, 6.45) is 10.1. The van der Waals surface area contributed by atoms with E-state index in [1.807, 2.05) is 0 Å². The highest BCUT2D eigenvalue weighted by molar-refractivity contribution is 4.80. The van der Waals surface area contributed by atoms with Gasteiger partial charge >= 0.3 is 0 Å². The van der Waals surface area contributed by atoms with E-state index in [0.29, 0.717) is 12.1 Å². The maximum atomic E-state index is 5.68. The molecule has 0 bridgehead atoms. The fourth-order valence-electron chi connectivity index (χ4n) is 2.61. The molecule has 0 aromatic heterocycles. The second kappa shape index (κ2) is 5.13. The lowest BCUT2D eigenvalue weighted by Crippen LogP contribution is -2.33. The van der Waals surface area contributed by atoms with E-state index in [-0.39, 0.29) is 0 Å². The molecule has 14 heavy (non-hydrogen) atoms. The average molecular weight is 197 g/mol. The van der Waals surface area contributed by atoms with Gasteiger partial charge in [0.1, 0.15) is 0 Å². The summed E-state index contributed by atoms with van der Waals surface area (Å²) in [4.78, 5) is 0. The van der Waals surface area contributed by atoms with Crippen molar-refractivity contribution in [2.75, 3.05) is 13.7 Å². The maximum absolute atomic E-state index is 5.68. The standard InChI is InChI=1S/C12H23NO/c1-13-11(8-10-4-2-5-10)9-12-6-3-7-14-12/h10-13H,2-9H2,1H3. The van der Waals surface area contributed by atoms with Gasteiger partial charge in [0.2, 0.25) is 0 Å². The number of nitrogens with one attached hydrogen (secondary N) is 1. The second-order valence-corrected chi connectivity index (χ2v) is 4.89. The molecule has 1 saturated heterocycles. The minimum Gasteiger partial charge on any atom is -0.378 e. The third-order valence-electron chi connectivity index (χ3n) is 3.82. The number of hydrogen-bond donors (Lipinski definition) is 1. The number of rotatable bonds is 5. The third-order valence-corrected chi connectivity index (χ3v) is 3.82. The van der Waals surface area contributed by atoms with Crippen LogP contribution < -0.4 is 5.32 Å². The van der Waals surface area contributed by atoms with Gasteiger partial charge in [-0.3, -0.25) is 0 Å². The first-order valence-corrected chi connectivity index (χ1v) is 6.17. The van der Waals surface area contributed by atoms with Crippen molar-refractivity contribution in [1.82, 2.24) is 5.32 Å². The fourth-order valence-corrected chi connectivity index (χ4v) is 2.61. The van der Waals surface area contributed by atoms with Gasteiger partial charge in [0.05, 0.1) is 6.10 Å². The molecule has 2 fully saturated rings. The van der Waals surface area contributed by atoms with E-state index < -0.39 is 0 Å². The van der Waals surface area contributed by atoms with Gasteiger partial charge in [-0.15, -0.1) is 0 Å². The lowest BCUT2D eigenvalue weighted by molar-refractivity contribution is 0.0898. The summed E-state index contributed by atoms with van der Waals surface area (Å²) in [6.45, 7) is 0.991. The lowest BCUT2D eigenvalue weighted by Gasteiger charge is -2.30. The molecule has 0 aromatic rings. The first-order chi connectivity index (χ1) is 6.88. The highest BCUT2D eigenvalue weighted by atomic mass is 16.5. The highest BCUT2D eigenvalue weighted by Crippen LogP contribution is 2.32. The van der Waals surface area contributed by atoms with Crippen molar-refractivity contribution < 1.29 is 4.74 Å². The van der Waals surface area contributed by atoms with Crippen LogP contribution in [0.3, 0.4) is 0 Å². The molecule has 1 saturated carbocycles. The van der Waals surface area contributed by atoms with E-state index in [9.17, 15) is 0 Å². The van der Waals surface area contributed by atoms with Crippen molar-refractivity contribution in [3.63, 3.8) is 0 Å². The molecule has 2 atom stereocenters. The second-order valence-electron chi connectivity index (χ2n) is 4.89. The van der Waals surface area contributed by atoms with Crippen molar-refractivity contribution in [2.45, 2.75) is 57.1 Å². The van der Waals surface area contributed by atoms with E-state index >= 15 is 0 Å². The SMILES string of the molecule is CNC(CC1CCC1)CC1CCCO1. The average Bonchev–Trinajstić information content (AvgIpc) is 2.61. The Bertz CT molecular complexity index is 162. The van der Waals surface area contributed by atoms with Crippen molar-refractivity contribution in [3.8, 4) is 0 Å². The zero-order valence-corrected chi connectivity index (χ0v) is 9.30. The van der Waals surface area contributed by atoms with E-state index in [2.05, 4.69) is 12.4 Å². The van der Waals surface area contributed by atoms with Crippen molar-refractivity contribution >= 4 is 0 Å². The van der Waals surface area contributed by atoms with Crippen LogP contribution in [0.15, 0.2) is 0 Å². The summed E-state index contributed by atoms with van der Waals surface area (Å²) in [5.74, 6) is 1.01. The summed E-state index contributed by atoms with van der Waals surface area (Å²) in [5.41, 5.74) is 0. The third kappa shape index (κ3) is 2.71. The quantitative estimate of drug-likeness (QED) is 0.730. The van der Waals surface area contributed by atoms with Gasteiger partial charge in [-0.05, 0) is 38.6 Å². The molecule has 0 spiro atoms. The molecule has 1 aliphatic heterocycles. The monoisotopic (exact) mass is 197 g/mol. The van der Waals surface area contributed by atoms with E-state index in [4.69, 9.17) is 4.74 Å². The largest absolute Gasteiger partial charge is 0.378 e. The van der Waals surface area contributed by atoms with Gasteiger partial charge in [0.15, 0.2) is 0 Å². The van der Waals surface area contributed by atoms with Crippen LogP contribution in [0.4, 0.5) is 0 Å². The Labute approximate surface area is 87.4 Å². The normalized spacial score (nSPS) is 30.2. The molecule has 2 rings (SSSR count). The van der Waals surface area contributed by atoms with Crippen LogP contribution in [0.2, 0.25) is 0 Å². The van der Waals surface area contributed by atoms with Gasteiger partial charge in [0, 0.05) is 12.6 Å². The zero-order valence-electron chi connectivity index (χ0n) is 9.30. The Balaban J connectivity index is 1.68. The topological polar surface area (TPSA) is 21.3 Å². The van der Waals surface area contributed by atoms with Crippen LogP contribution in [-0.2, 0) is 4.74 Å². The minimum atomic E-state index is 0.549. The van der Waals surface area contributed by atoms with Crippen molar-refractivity contribution in [3.05, 3.63) is 0 Å². The van der Waals surface area contributed by atoms with Crippen molar-refractivity contribution in [2.24, 2.45) is 5.92 Å². The van der Waals surface area contributed by atoms with Gasteiger partial charge in [-0.2, -0.15) is 0 Å². The highest BCUT2D eigenvalue weighted by Gasteiger charge is 2.25. The van der Waals surface area contributed by atoms with Crippen molar-refractivity contribution in [1.29, 1.82) is 0 Å². The minimum absolute atomic E-state index is 0.549. The maximum Gasteiger partial charge on any atom is 0.0590 e. The molecule has 0 amide bonds. The molecular formula is C12H23NO. The molecule has 1 N–H and O–H groups in total. The predicted octanol–water partition coefficient (Wildman–Crippen LogP) is 2.33. The molecule has 2 nitrogen and oxygen atoms in total. The van der Waals surface area contributed by atoms with E-state index in [1.165, 1.54) is 44.9 Å². The lowest BCUT2D eigenvalue weighted by atomic mass is 9.80. The van der Waals surface area contributed by atoms with E-state index in [0.717, 1.165) is 12.5 Å². The van der Waals surface area contributed by atoms with Crippen LogP contribution in [0, 0.1) is 5.92 Å². The summed E-state index contributed by atoms with van der Waals surface area (Å²) in [5, 5.41) is 3.45. The van der Waals surface area contributed by atoms with Gasteiger partial charge in [0.25, 0.3) is 0 Å². The fraction of sp³-hybridized carbons (Fsp3) is 1.00. The summed E-state index contributed by atoms with van der Waals surface area (Å²) in [6, 6.07) is 0.698. The van der Waals surface area contributed by atoms with Crippen LogP contribution in [-0.4, -0.2) is 25.8 Å². The Morgan fingerprint density at radius 1 is 1.21 bits per heavy atom. The molecule has 1 aliphatic carbocycles. The number of hydrogen-bond acceptors (Lipinski definition) is 2. The molecule has 1 heterocycles. The molecule has 2 aliphatic rings. The molecule has 2 heteroatoms. The van der Waals surface area contributed by atoms with Crippen LogP contribution in [0.5, 0.6) is 0 Å². The first kappa shape index (κ1) is 10.4. The van der Waals surface area contributed by atoms with E-state index in [1.54, 1.807) is 0 Å². The molecule has 0 aromatic carbocycles. The summed E-state index contributed by atoms with van der Waals surface area (Å²) in [7, 11) is 2.10. The molecular weight excluding hydrogens is 174 g/mol. The van der Waals surface area contributed by atoms with Crippen LogP contribution >= 0.6 is 0 Å². The van der Waals surface area contributed by atoms with Crippen LogP contribution in [0.25, 0.3) is 0 Å². The van der Waals surface area contributed by atoms with Crippen LogP contribution in [0.1, 0.15) is 44.9 Å². The molecule has 0 radical (unpaired) electrons. The Hall–Kier alpha value is -0.0800. The smallest absolute Gasteiger partial charge is 0.0590 e. The first-order valence-electron chi connectivity index (χ1n) is 6.17.